The molecule has 1 unspecified atom stereocenters. The quantitative estimate of drug-likeness (QED) is 0.704. The third kappa shape index (κ3) is 3.84. The molecule has 0 aliphatic heterocycles. The zero-order valence-electron chi connectivity index (χ0n) is 14.1. The number of rotatable bonds is 6. The Kier molecular flexibility index (Phi) is 5.49. The van der Waals surface area contributed by atoms with Gasteiger partial charge in [0.15, 0.2) is 9.84 Å². The van der Waals surface area contributed by atoms with Crippen molar-refractivity contribution >= 4 is 27.1 Å². The number of benzene rings is 1. The minimum atomic E-state index is -3.63. The van der Waals surface area contributed by atoms with Crippen molar-refractivity contribution in [3.63, 3.8) is 0 Å². The number of nitrogens with zero attached hydrogens (tertiary/aromatic N) is 1. The van der Waals surface area contributed by atoms with Crippen molar-refractivity contribution in [3.8, 4) is 0 Å². The van der Waals surface area contributed by atoms with Crippen molar-refractivity contribution < 1.29 is 13.2 Å². The molecule has 2 aromatic heterocycles. The number of hydrogen-bond donors (Lipinski definition) is 1. The summed E-state index contributed by atoms with van der Waals surface area (Å²) in [7, 11) is -3.63. The van der Waals surface area contributed by atoms with Crippen molar-refractivity contribution in [1.82, 2.24) is 10.3 Å². The Morgan fingerprint density at radius 2 is 1.96 bits per heavy atom. The summed E-state index contributed by atoms with van der Waals surface area (Å²) >= 11 is 1.16. The van der Waals surface area contributed by atoms with E-state index < -0.39 is 15.1 Å². The van der Waals surface area contributed by atoms with Crippen LogP contribution in [0.2, 0.25) is 0 Å². The molecule has 0 spiro atoms. The first kappa shape index (κ1) is 18.3. The minimum absolute atomic E-state index is 0.0287. The molecule has 7 heteroatoms. The molecule has 1 N–H and O–H groups in total. The van der Waals surface area contributed by atoms with Crippen LogP contribution in [0.1, 0.15) is 26.7 Å². The number of pyridine rings is 1. The molecule has 0 bridgehead atoms. The van der Waals surface area contributed by atoms with E-state index in [0.717, 1.165) is 16.9 Å². The predicted molar refractivity (Wildman–Crippen MR) is 102 cm³/mol. The highest BCUT2D eigenvalue weighted by Gasteiger charge is 2.30. The van der Waals surface area contributed by atoms with Gasteiger partial charge in [-0.15, -0.1) is 11.3 Å². The normalized spacial score (nSPS) is 12.5. The molecule has 0 aliphatic carbocycles. The molecule has 26 heavy (non-hydrogen) atoms. The maximum absolute atomic E-state index is 13.0. The van der Waals surface area contributed by atoms with Crippen LogP contribution in [0.4, 0.5) is 0 Å². The standard InChI is InChI=1S/C19H18N2O3S2/c1-14-6-2-3-8-16(14)19(22)21-13-17(15-7-4-10-20-12-15)26(23,24)18-9-5-11-25-18/h2-12,17H,13H2,1H3,(H,21,22). The van der Waals surface area contributed by atoms with Gasteiger partial charge >= 0.3 is 0 Å². The largest absolute Gasteiger partial charge is 0.350 e. The van der Waals surface area contributed by atoms with Crippen LogP contribution in [0.3, 0.4) is 0 Å². The number of thiophene rings is 1. The van der Waals surface area contributed by atoms with E-state index in [2.05, 4.69) is 10.3 Å². The van der Waals surface area contributed by atoms with Crippen LogP contribution >= 0.6 is 11.3 Å². The highest BCUT2D eigenvalue weighted by atomic mass is 32.2. The number of aromatic nitrogens is 1. The first-order valence-corrected chi connectivity index (χ1v) is 10.4. The second kappa shape index (κ2) is 7.80. The molecule has 3 aromatic rings. The average Bonchev–Trinajstić information content (AvgIpc) is 3.18. The summed E-state index contributed by atoms with van der Waals surface area (Å²) in [5.41, 5.74) is 1.92. The van der Waals surface area contributed by atoms with E-state index in [-0.39, 0.29) is 16.7 Å². The molecule has 2 heterocycles. The number of sulfone groups is 1. The van der Waals surface area contributed by atoms with E-state index in [1.54, 1.807) is 48.0 Å². The second-order valence-corrected chi connectivity index (χ2v) is 9.08. The van der Waals surface area contributed by atoms with E-state index in [0.29, 0.717) is 11.1 Å². The molecule has 1 amide bonds. The van der Waals surface area contributed by atoms with Gasteiger partial charge in [-0.3, -0.25) is 9.78 Å². The molecule has 1 aromatic carbocycles. The summed E-state index contributed by atoms with van der Waals surface area (Å²) in [6, 6.07) is 13.9. The molecule has 0 saturated heterocycles. The van der Waals surface area contributed by atoms with Crippen molar-refractivity contribution in [2.75, 3.05) is 6.54 Å². The van der Waals surface area contributed by atoms with Gasteiger partial charge in [0.05, 0.1) is 0 Å². The highest BCUT2D eigenvalue weighted by Crippen LogP contribution is 2.30. The Balaban J connectivity index is 1.88. The number of aryl methyl sites for hydroxylation is 1. The Morgan fingerprint density at radius 1 is 1.15 bits per heavy atom. The van der Waals surface area contributed by atoms with Gasteiger partial charge < -0.3 is 5.32 Å². The summed E-state index contributed by atoms with van der Waals surface area (Å²) in [6.45, 7) is 1.81. The fourth-order valence-electron chi connectivity index (χ4n) is 2.65. The van der Waals surface area contributed by atoms with Crippen LogP contribution in [0.5, 0.6) is 0 Å². The summed E-state index contributed by atoms with van der Waals surface area (Å²) in [6.07, 6.45) is 3.11. The number of nitrogens with one attached hydrogen (secondary N) is 1. The van der Waals surface area contributed by atoms with Crippen LogP contribution in [0, 0.1) is 6.92 Å². The third-order valence-electron chi connectivity index (χ3n) is 4.04. The summed E-state index contributed by atoms with van der Waals surface area (Å²) in [4.78, 5) is 16.5. The highest BCUT2D eigenvalue weighted by molar-refractivity contribution is 7.93. The SMILES string of the molecule is Cc1ccccc1C(=O)NCC(c1cccnc1)S(=O)(=O)c1cccs1. The zero-order valence-corrected chi connectivity index (χ0v) is 15.8. The Hall–Kier alpha value is -2.51. The van der Waals surface area contributed by atoms with E-state index in [9.17, 15) is 13.2 Å². The number of hydrogen-bond acceptors (Lipinski definition) is 5. The molecule has 134 valence electrons. The fraction of sp³-hybridized carbons (Fsp3) is 0.158. The molecule has 5 nitrogen and oxygen atoms in total. The summed E-state index contributed by atoms with van der Waals surface area (Å²) < 4.78 is 26.4. The van der Waals surface area contributed by atoms with Crippen LogP contribution in [-0.2, 0) is 9.84 Å². The lowest BCUT2D eigenvalue weighted by Crippen LogP contribution is -2.32. The molecule has 3 rings (SSSR count). The van der Waals surface area contributed by atoms with Crippen molar-refractivity contribution in [3.05, 3.63) is 83.0 Å². The van der Waals surface area contributed by atoms with Gasteiger partial charge in [-0.1, -0.05) is 30.3 Å². The molecule has 0 radical (unpaired) electrons. The van der Waals surface area contributed by atoms with E-state index in [1.807, 2.05) is 19.1 Å². The van der Waals surface area contributed by atoms with Crippen LogP contribution in [0.15, 0.2) is 70.5 Å². The molecule has 0 fully saturated rings. The lowest BCUT2D eigenvalue weighted by atomic mass is 10.1. The summed E-state index contributed by atoms with van der Waals surface area (Å²) in [5.74, 6) is -0.293. The Bertz CT molecular complexity index is 985. The minimum Gasteiger partial charge on any atom is -0.350 e. The van der Waals surface area contributed by atoms with Crippen LogP contribution in [0.25, 0.3) is 0 Å². The van der Waals surface area contributed by atoms with Gasteiger partial charge in [0.1, 0.15) is 9.46 Å². The first-order chi connectivity index (χ1) is 12.5. The molecular weight excluding hydrogens is 368 g/mol. The van der Waals surface area contributed by atoms with Crippen molar-refractivity contribution in [2.45, 2.75) is 16.4 Å². The van der Waals surface area contributed by atoms with Gasteiger partial charge in [-0.2, -0.15) is 0 Å². The topological polar surface area (TPSA) is 76.1 Å². The van der Waals surface area contributed by atoms with Crippen LogP contribution < -0.4 is 5.32 Å². The Labute approximate surface area is 156 Å². The maximum Gasteiger partial charge on any atom is 0.251 e. The van der Waals surface area contributed by atoms with Crippen molar-refractivity contribution in [2.24, 2.45) is 0 Å². The van der Waals surface area contributed by atoms with Gasteiger partial charge in [-0.25, -0.2) is 8.42 Å². The monoisotopic (exact) mass is 386 g/mol. The fourth-order valence-corrected chi connectivity index (χ4v) is 5.50. The van der Waals surface area contributed by atoms with Gasteiger partial charge in [0.25, 0.3) is 5.91 Å². The summed E-state index contributed by atoms with van der Waals surface area (Å²) in [5, 5.41) is 3.59. The molecule has 0 saturated carbocycles. The van der Waals surface area contributed by atoms with Crippen molar-refractivity contribution in [1.29, 1.82) is 0 Å². The third-order valence-corrected chi connectivity index (χ3v) is 7.58. The molecule has 1 atom stereocenters. The lowest BCUT2D eigenvalue weighted by molar-refractivity contribution is 0.0953. The van der Waals surface area contributed by atoms with Gasteiger partial charge in [-0.05, 0) is 41.6 Å². The molecule has 0 aliphatic rings. The van der Waals surface area contributed by atoms with E-state index in [4.69, 9.17) is 0 Å². The van der Waals surface area contributed by atoms with E-state index >= 15 is 0 Å². The smallest absolute Gasteiger partial charge is 0.251 e. The first-order valence-electron chi connectivity index (χ1n) is 8.01. The second-order valence-electron chi connectivity index (χ2n) is 5.78. The van der Waals surface area contributed by atoms with Gasteiger partial charge in [0.2, 0.25) is 0 Å². The number of carbonyl (C=O) groups excluding carboxylic acids is 1. The lowest BCUT2D eigenvalue weighted by Gasteiger charge is -2.18. The van der Waals surface area contributed by atoms with Gasteiger partial charge in [0, 0.05) is 24.5 Å². The predicted octanol–water partition coefficient (Wildman–Crippen LogP) is 3.40. The zero-order chi connectivity index (χ0) is 18.6. The van der Waals surface area contributed by atoms with E-state index in [1.165, 1.54) is 6.20 Å². The maximum atomic E-state index is 13.0. The Morgan fingerprint density at radius 3 is 2.62 bits per heavy atom. The van der Waals surface area contributed by atoms with Crippen LogP contribution in [-0.4, -0.2) is 25.9 Å². The number of carbonyl (C=O) groups is 1. The average molecular weight is 386 g/mol. The number of amides is 1. The molecular formula is C19H18N2O3S2.